The first-order valence-electron chi connectivity index (χ1n) is 7.34. The number of nitrogens with zero attached hydrogens (tertiary/aromatic N) is 1. The molecule has 0 aromatic carbocycles. The minimum Gasteiger partial charge on any atom is -0.481 e. The van der Waals surface area contributed by atoms with E-state index in [9.17, 15) is 9.59 Å². The van der Waals surface area contributed by atoms with Crippen LogP contribution in [0.2, 0.25) is 0 Å². The van der Waals surface area contributed by atoms with E-state index in [-0.39, 0.29) is 11.8 Å². The molecular formula is C16H25NO3. The number of rotatable bonds is 8. The van der Waals surface area contributed by atoms with E-state index in [4.69, 9.17) is 5.11 Å². The van der Waals surface area contributed by atoms with Crippen molar-refractivity contribution in [3.63, 3.8) is 0 Å². The molecule has 20 heavy (non-hydrogen) atoms. The molecule has 0 bridgehead atoms. The summed E-state index contributed by atoms with van der Waals surface area (Å²) in [6.45, 7) is 6.87. The lowest BCUT2D eigenvalue weighted by Gasteiger charge is -2.19. The zero-order chi connectivity index (χ0) is 15.1. The summed E-state index contributed by atoms with van der Waals surface area (Å²) in [7, 11) is 0. The van der Waals surface area contributed by atoms with Crippen molar-refractivity contribution in [3.8, 4) is 0 Å². The highest BCUT2D eigenvalue weighted by molar-refractivity contribution is 5.66. The molecule has 112 valence electrons. The molecule has 1 aromatic rings. The molecule has 0 saturated heterocycles. The Balaban J connectivity index is 2.67. The Morgan fingerprint density at radius 3 is 2.30 bits per heavy atom. The summed E-state index contributed by atoms with van der Waals surface area (Å²) in [5.74, 6) is -0.281. The molecule has 0 fully saturated rings. The van der Waals surface area contributed by atoms with Gasteiger partial charge in [-0.25, -0.2) is 0 Å². The maximum absolute atomic E-state index is 11.4. The monoisotopic (exact) mass is 279 g/mol. The van der Waals surface area contributed by atoms with Crippen LogP contribution < -0.4 is 5.43 Å². The zero-order valence-electron chi connectivity index (χ0n) is 12.7. The summed E-state index contributed by atoms with van der Waals surface area (Å²) in [5, 5.41) is 8.79. The quantitative estimate of drug-likeness (QED) is 0.795. The number of carboxylic acids is 1. The summed E-state index contributed by atoms with van der Waals surface area (Å²) < 4.78 is 2.14. The molecule has 0 radical (unpaired) electrons. The minimum absolute atomic E-state index is 0.0484. The second-order valence-corrected chi connectivity index (χ2v) is 5.50. The zero-order valence-corrected chi connectivity index (χ0v) is 12.7. The fourth-order valence-electron chi connectivity index (χ4n) is 2.72. The van der Waals surface area contributed by atoms with Crippen molar-refractivity contribution in [2.45, 2.75) is 59.4 Å². The summed E-state index contributed by atoms with van der Waals surface area (Å²) in [4.78, 5) is 22.1. The second kappa shape index (κ2) is 7.88. The lowest BCUT2D eigenvalue weighted by atomic mass is 9.94. The molecule has 1 N–H and O–H groups in total. The summed E-state index contributed by atoms with van der Waals surface area (Å²) in [6, 6.07) is 3.30. The number of hydrogen-bond acceptors (Lipinski definition) is 2. The lowest BCUT2D eigenvalue weighted by Crippen LogP contribution is -2.15. The van der Waals surface area contributed by atoms with Gasteiger partial charge in [0.25, 0.3) is 0 Å². The molecule has 4 heteroatoms. The number of hydrogen-bond donors (Lipinski definition) is 1. The van der Waals surface area contributed by atoms with E-state index < -0.39 is 5.97 Å². The summed E-state index contributed by atoms with van der Waals surface area (Å²) in [6.07, 6.45) is 4.08. The summed E-state index contributed by atoms with van der Waals surface area (Å²) in [5.41, 5.74) is 2.00. The lowest BCUT2D eigenvalue weighted by molar-refractivity contribution is -0.137. The van der Waals surface area contributed by atoms with Crippen molar-refractivity contribution in [2.75, 3.05) is 0 Å². The molecule has 1 rings (SSSR count). The van der Waals surface area contributed by atoms with Crippen LogP contribution >= 0.6 is 0 Å². The Labute approximate surface area is 120 Å². The average Bonchev–Trinajstić information content (AvgIpc) is 2.34. The van der Waals surface area contributed by atoms with Crippen molar-refractivity contribution in [2.24, 2.45) is 5.92 Å². The Kier molecular flexibility index (Phi) is 6.49. The Hall–Kier alpha value is -1.58. The molecule has 1 unspecified atom stereocenters. The second-order valence-electron chi connectivity index (χ2n) is 5.50. The molecule has 0 aliphatic rings. The molecule has 0 amide bonds. The van der Waals surface area contributed by atoms with Crippen LogP contribution in [0, 0.1) is 19.8 Å². The third kappa shape index (κ3) is 5.19. The molecule has 0 aliphatic heterocycles. The Bertz CT molecular complexity index is 479. The molecule has 1 aromatic heterocycles. The molecular weight excluding hydrogens is 254 g/mol. The van der Waals surface area contributed by atoms with Gasteiger partial charge in [0.15, 0.2) is 5.43 Å². The van der Waals surface area contributed by atoms with E-state index in [2.05, 4.69) is 11.5 Å². The predicted molar refractivity (Wildman–Crippen MR) is 80.1 cm³/mol. The van der Waals surface area contributed by atoms with Gasteiger partial charge in [-0.3, -0.25) is 9.59 Å². The predicted octanol–water partition coefficient (Wildman–Crippen LogP) is 3.14. The van der Waals surface area contributed by atoms with Crippen LogP contribution in [-0.2, 0) is 11.3 Å². The van der Waals surface area contributed by atoms with E-state index in [1.54, 1.807) is 12.1 Å². The van der Waals surface area contributed by atoms with Gasteiger partial charge in [-0.15, -0.1) is 0 Å². The number of aryl methyl sites for hydroxylation is 2. The van der Waals surface area contributed by atoms with Crippen molar-refractivity contribution in [1.29, 1.82) is 0 Å². The van der Waals surface area contributed by atoms with E-state index in [1.165, 1.54) is 0 Å². The first-order chi connectivity index (χ1) is 9.43. The average molecular weight is 279 g/mol. The number of carbonyl (C=O) groups is 1. The van der Waals surface area contributed by atoms with E-state index in [0.29, 0.717) is 5.92 Å². The largest absolute Gasteiger partial charge is 0.481 e. The topological polar surface area (TPSA) is 59.3 Å². The molecule has 1 atom stereocenters. The van der Waals surface area contributed by atoms with Gasteiger partial charge in [-0.2, -0.15) is 0 Å². The van der Waals surface area contributed by atoms with Gasteiger partial charge in [0.05, 0.1) is 0 Å². The van der Waals surface area contributed by atoms with Crippen LogP contribution in [-0.4, -0.2) is 15.6 Å². The highest BCUT2D eigenvalue weighted by atomic mass is 16.4. The highest BCUT2D eigenvalue weighted by Crippen LogP contribution is 2.19. The highest BCUT2D eigenvalue weighted by Gasteiger charge is 2.11. The van der Waals surface area contributed by atoms with Gasteiger partial charge < -0.3 is 9.67 Å². The molecule has 0 saturated carbocycles. The fraction of sp³-hybridized carbons (Fsp3) is 0.625. The third-order valence-electron chi connectivity index (χ3n) is 3.78. The van der Waals surface area contributed by atoms with Crippen LogP contribution in [0.15, 0.2) is 16.9 Å². The van der Waals surface area contributed by atoms with Crippen LogP contribution in [0.25, 0.3) is 0 Å². The maximum atomic E-state index is 11.4. The van der Waals surface area contributed by atoms with Crippen molar-refractivity contribution in [3.05, 3.63) is 33.7 Å². The van der Waals surface area contributed by atoms with E-state index >= 15 is 0 Å². The Morgan fingerprint density at radius 2 is 1.80 bits per heavy atom. The third-order valence-corrected chi connectivity index (χ3v) is 3.78. The van der Waals surface area contributed by atoms with E-state index in [1.807, 2.05) is 13.8 Å². The van der Waals surface area contributed by atoms with Crippen LogP contribution in [0.3, 0.4) is 0 Å². The van der Waals surface area contributed by atoms with E-state index in [0.717, 1.165) is 43.6 Å². The van der Waals surface area contributed by atoms with Crippen molar-refractivity contribution < 1.29 is 9.90 Å². The van der Waals surface area contributed by atoms with Gasteiger partial charge in [0, 0.05) is 36.5 Å². The van der Waals surface area contributed by atoms with Gasteiger partial charge in [-0.05, 0) is 32.6 Å². The fourth-order valence-corrected chi connectivity index (χ4v) is 2.72. The normalized spacial score (nSPS) is 12.3. The first kappa shape index (κ1) is 16.5. The SMILES string of the molecule is CCCC(CCC(=O)O)CCn1c(C)cc(=O)cc1C. The molecule has 4 nitrogen and oxygen atoms in total. The summed E-state index contributed by atoms with van der Waals surface area (Å²) >= 11 is 0. The van der Waals surface area contributed by atoms with Gasteiger partial charge >= 0.3 is 5.97 Å². The van der Waals surface area contributed by atoms with Gasteiger partial charge in [0.2, 0.25) is 0 Å². The Morgan fingerprint density at radius 1 is 1.20 bits per heavy atom. The van der Waals surface area contributed by atoms with Crippen molar-refractivity contribution >= 4 is 5.97 Å². The minimum atomic E-state index is -0.721. The molecule has 1 heterocycles. The van der Waals surface area contributed by atoms with Gasteiger partial charge in [0.1, 0.15) is 0 Å². The molecule has 0 aliphatic carbocycles. The van der Waals surface area contributed by atoms with Crippen LogP contribution in [0.1, 0.15) is 50.4 Å². The first-order valence-corrected chi connectivity index (χ1v) is 7.34. The number of carboxylic acid groups (broad SMARTS) is 1. The number of aromatic nitrogens is 1. The maximum Gasteiger partial charge on any atom is 0.303 e. The molecule has 0 spiro atoms. The van der Waals surface area contributed by atoms with Gasteiger partial charge in [-0.1, -0.05) is 19.8 Å². The van der Waals surface area contributed by atoms with Crippen molar-refractivity contribution in [1.82, 2.24) is 4.57 Å². The van der Waals surface area contributed by atoms with Crippen LogP contribution in [0.5, 0.6) is 0 Å². The van der Waals surface area contributed by atoms with Crippen LogP contribution in [0.4, 0.5) is 0 Å². The number of pyridine rings is 1. The number of aliphatic carboxylic acids is 1. The standard InChI is InChI=1S/C16H25NO3/c1-4-5-14(6-7-16(19)20)8-9-17-12(2)10-15(18)11-13(17)3/h10-11,14H,4-9H2,1-3H3,(H,19,20). The smallest absolute Gasteiger partial charge is 0.303 e.